The highest BCUT2D eigenvalue weighted by molar-refractivity contribution is 6.34. The molecule has 0 atom stereocenters. The number of halogens is 1. The Morgan fingerprint density at radius 1 is 1.26 bits per heavy atom. The summed E-state index contributed by atoms with van der Waals surface area (Å²) in [5.74, 6) is 0.978. The molecule has 0 fully saturated rings. The zero-order valence-electron chi connectivity index (χ0n) is 13.0. The molecule has 0 unspecified atom stereocenters. The summed E-state index contributed by atoms with van der Waals surface area (Å²) in [5.41, 5.74) is 2.50. The predicted octanol–water partition coefficient (Wildman–Crippen LogP) is 3.86. The number of amides is 1. The first kappa shape index (κ1) is 15.4. The lowest BCUT2D eigenvalue weighted by molar-refractivity contribution is 0.0824. The molecular formula is C17H15ClN2O3. The minimum absolute atomic E-state index is 0.122. The van der Waals surface area contributed by atoms with Gasteiger partial charge in [0.1, 0.15) is 17.0 Å². The van der Waals surface area contributed by atoms with E-state index >= 15 is 0 Å². The fraction of sp³-hybridized carbons (Fsp3) is 0.176. The maximum absolute atomic E-state index is 12.2. The number of hydrogen-bond donors (Lipinski definition) is 0. The molecular weight excluding hydrogens is 316 g/mol. The van der Waals surface area contributed by atoms with Gasteiger partial charge in [-0.3, -0.25) is 9.78 Å². The second-order valence-electron chi connectivity index (χ2n) is 5.23. The first-order valence-electron chi connectivity index (χ1n) is 6.95. The van der Waals surface area contributed by atoms with E-state index in [9.17, 15) is 4.79 Å². The van der Waals surface area contributed by atoms with Gasteiger partial charge in [-0.25, -0.2) is 0 Å². The first-order valence-corrected chi connectivity index (χ1v) is 7.33. The van der Waals surface area contributed by atoms with E-state index in [0.29, 0.717) is 33.2 Å². The number of carbonyl (C=O) groups excluding carboxylic acids is 1. The van der Waals surface area contributed by atoms with E-state index in [1.807, 2.05) is 12.1 Å². The third-order valence-corrected chi connectivity index (χ3v) is 3.78. The van der Waals surface area contributed by atoms with Crippen molar-refractivity contribution in [2.24, 2.45) is 0 Å². The molecule has 0 spiro atoms. The molecule has 1 amide bonds. The van der Waals surface area contributed by atoms with Crippen LogP contribution in [-0.4, -0.2) is 37.0 Å². The zero-order chi connectivity index (χ0) is 16.6. The molecule has 3 rings (SSSR count). The van der Waals surface area contributed by atoms with Gasteiger partial charge in [0, 0.05) is 31.9 Å². The average Bonchev–Trinajstić information content (AvgIpc) is 2.99. The second kappa shape index (κ2) is 5.93. The van der Waals surface area contributed by atoms with Crippen LogP contribution in [0.25, 0.3) is 22.4 Å². The molecule has 23 heavy (non-hydrogen) atoms. The van der Waals surface area contributed by atoms with Crippen LogP contribution in [0.5, 0.6) is 5.75 Å². The monoisotopic (exact) mass is 330 g/mol. The smallest absolute Gasteiger partial charge is 0.257 e. The molecule has 0 saturated carbocycles. The van der Waals surface area contributed by atoms with Gasteiger partial charge in [-0.15, -0.1) is 0 Å². The number of fused-ring (bicyclic) bond motifs is 1. The Bertz CT molecular complexity index is 887. The second-order valence-corrected chi connectivity index (χ2v) is 5.64. The predicted molar refractivity (Wildman–Crippen MR) is 89.0 cm³/mol. The molecule has 0 aliphatic rings. The van der Waals surface area contributed by atoms with E-state index in [4.69, 9.17) is 20.8 Å². The van der Waals surface area contributed by atoms with Gasteiger partial charge in [0.25, 0.3) is 5.91 Å². The SMILES string of the molecule is COc1cc(-c2cc3nccc(Cl)c3o2)ccc1C(=O)N(C)C. The Morgan fingerprint density at radius 3 is 2.70 bits per heavy atom. The summed E-state index contributed by atoms with van der Waals surface area (Å²) in [5, 5.41) is 0.507. The number of furan rings is 1. The molecule has 2 aromatic heterocycles. The molecule has 5 nitrogen and oxygen atoms in total. The maximum atomic E-state index is 12.2. The van der Waals surface area contributed by atoms with E-state index in [-0.39, 0.29) is 5.91 Å². The van der Waals surface area contributed by atoms with Gasteiger partial charge in [-0.2, -0.15) is 0 Å². The van der Waals surface area contributed by atoms with Crippen molar-refractivity contribution < 1.29 is 13.9 Å². The highest BCUT2D eigenvalue weighted by atomic mass is 35.5. The summed E-state index contributed by atoms with van der Waals surface area (Å²) in [6.07, 6.45) is 1.63. The third-order valence-electron chi connectivity index (χ3n) is 3.49. The van der Waals surface area contributed by atoms with Crippen LogP contribution in [-0.2, 0) is 0 Å². The van der Waals surface area contributed by atoms with Crippen LogP contribution in [0.1, 0.15) is 10.4 Å². The van der Waals surface area contributed by atoms with Crippen molar-refractivity contribution in [2.45, 2.75) is 0 Å². The van der Waals surface area contributed by atoms with Crippen molar-refractivity contribution >= 4 is 28.6 Å². The Balaban J connectivity index is 2.09. The van der Waals surface area contributed by atoms with E-state index < -0.39 is 0 Å². The topological polar surface area (TPSA) is 55.6 Å². The Kier molecular flexibility index (Phi) is 3.96. The van der Waals surface area contributed by atoms with Crippen molar-refractivity contribution in [2.75, 3.05) is 21.2 Å². The van der Waals surface area contributed by atoms with Gasteiger partial charge >= 0.3 is 0 Å². The number of benzene rings is 1. The number of pyridine rings is 1. The lowest BCUT2D eigenvalue weighted by Gasteiger charge is -2.14. The Labute approximate surface area is 138 Å². The standard InChI is InChI=1S/C17H15ClN2O3/c1-20(2)17(21)11-5-4-10(8-15(11)22-3)14-9-13-16(23-14)12(18)6-7-19-13/h4-9H,1-3H3. The third kappa shape index (κ3) is 2.75. The molecule has 0 saturated heterocycles. The average molecular weight is 331 g/mol. The lowest BCUT2D eigenvalue weighted by Crippen LogP contribution is -2.22. The molecule has 3 aromatic rings. The van der Waals surface area contributed by atoms with E-state index in [0.717, 1.165) is 5.56 Å². The number of ether oxygens (including phenoxy) is 1. The van der Waals surface area contributed by atoms with Gasteiger partial charge in [0.2, 0.25) is 0 Å². The summed E-state index contributed by atoms with van der Waals surface area (Å²) in [7, 11) is 4.92. The van der Waals surface area contributed by atoms with Crippen LogP contribution in [0.2, 0.25) is 5.02 Å². The number of carbonyl (C=O) groups is 1. The fourth-order valence-corrected chi connectivity index (χ4v) is 2.50. The minimum Gasteiger partial charge on any atom is -0.496 e. The summed E-state index contributed by atoms with van der Waals surface area (Å²) < 4.78 is 11.1. The number of nitrogens with zero attached hydrogens (tertiary/aromatic N) is 2. The molecule has 6 heteroatoms. The zero-order valence-corrected chi connectivity index (χ0v) is 13.7. The summed E-state index contributed by atoms with van der Waals surface area (Å²) in [6.45, 7) is 0. The minimum atomic E-state index is -0.122. The van der Waals surface area contributed by atoms with Crippen LogP contribution in [0.3, 0.4) is 0 Å². The van der Waals surface area contributed by atoms with E-state index in [2.05, 4.69) is 4.98 Å². The van der Waals surface area contributed by atoms with Crippen LogP contribution in [0.4, 0.5) is 0 Å². The van der Waals surface area contributed by atoms with Gasteiger partial charge in [0.05, 0.1) is 17.7 Å². The van der Waals surface area contributed by atoms with Crippen LogP contribution < -0.4 is 4.74 Å². The van der Waals surface area contributed by atoms with Gasteiger partial charge in [0.15, 0.2) is 5.58 Å². The highest BCUT2D eigenvalue weighted by Crippen LogP contribution is 2.33. The number of rotatable bonds is 3. The molecule has 118 valence electrons. The molecule has 0 aliphatic carbocycles. The molecule has 1 aromatic carbocycles. The summed E-state index contributed by atoms with van der Waals surface area (Å²) >= 11 is 6.11. The summed E-state index contributed by atoms with van der Waals surface area (Å²) in [6, 6.07) is 8.78. The van der Waals surface area contributed by atoms with Gasteiger partial charge in [-0.05, 0) is 18.2 Å². The number of aromatic nitrogens is 1. The fourth-order valence-electron chi connectivity index (χ4n) is 2.31. The largest absolute Gasteiger partial charge is 0.496 e. The molecule has 0 N–H and O–H groups in total. The van der Waals surface area contributed by atoms with Gasteiger partial charge < -0.3 is 14.1 Å². The quantitative estimate of drug-likeness (QED) is 0.731. The van der Waals surface area contributed by atoms with Crippen LogP contribution >= 0.6 is 11.6 Å². The molecule has 0 radical (unpaired) electrons. The molecule has 0 bridgehead atoms. The van der Waals surface area contributed by atoms with E-state index in [1.165, 1.54) is 12.0 Å². The van der Waals surface area contributed by atoms with Crippen LogP contribution in [0, 0.1) is 0 Å². The first-order chi connectivity index (χ1) is 11.0. The summed E-state index contributed by atoms with van der Waals surface area (Å²) in [4.78, 5) is 17.9. The van der Waals surface area contributed by atoms with Crippen molar-refractivity contribution in [1.29, 1.82) is 0 Å². The van der Waals surface area contributed by atoms with Crippen molar-refractivity contribution in [1.82, 2.24) is 9.88 Å². The number of methoxy groups -OCH3 is 1. The van der Waals surface area contributed by atoms with Crippen molar-refractivity contribution in [3.05, 3.63) is 47.1 Å². The molecule has 0 aliphatic heterocycles. The molecule has 2 heterocycles. The Hall–Kier alpha value is -2.53. The Morgan fingerprint density at radius 2 is 2.04 bits per heavy atom. The van der Waals surface area contributed by atoms with Crippen LogP contribution in [0.15, 0.2) is 40.9 Å². The van der Waals surface area contributed by atoms with Crippen molar-refractivity contribution in [3.8, 4) is 17.1 Å². The van der Waals surface area contributed by atoms with Crippen molar-refractivity contribution in [3.63, 3.8) is 0 Å². The number of hydrogen-bond acceptors (Lipinski definition) is 4. The lowest BCUT2D eigenvalue weighted by atomic mass is 10.1. The van der Waals surface area contributed by atoms with E-state index in [1.54, 1.807) is 38.5 Å². The maximum Gasteiger partial charge on any atom is 0.257 e. The van der Waals surface area contributed by atoms with Gasteiger partial charge in [-0.1, -0.05) is 17.7 Å². The normalized spacial score (nSPS) is 10.8. The highest BCUT2D eigenvalue weighted by Gasteiger charge is 2.17.